The molecule has 0 radical (unpaired) electrons. The summed E-state index contributed by atoms with van der Waals surface area (Å²) in [6.45, 7) is 33.7. The highest BCUT2D eigenvalue weighted by Crippen LogP contribution is 2.39. The standard InChI is InChI=1S/C49H72O4Si3/c1-14-21-50-46-35-19-18-20-36(46)26-38-30-44(55(8,9)10)32-40(48(38)52-23-16-3)28-42-34-45(56(11,12)13)33-41(49(42)53-24-17-4)27-39-31-43(54(5,6)7)29-37(25-35)47(39)51-22-15-2/h18-20,29-34H,14-17,21-28H2,1-13H3. The quantitative estimate of drug-likeness (QED) is 0.0988. The topological polar surface area (TPSA) is 36.9 Å². The monoisotopic (exact) mass is 808 g/mol. The van der Waals surface area contributed by atoms with Gasteiger partial charge in [-0.05, 0) is 70.2 Å². The summed E-state index contributed by atoms with van der Waals surface area (Å²) in [5.41, 5.74) is 10.0. The summed E-state index contributed by atoms with van der Waals surface area (Å²) in [6.07, 6.45) is 6.82. The van der Waals surface area contributed by atoms with Crippen molar-refractivity contribution < 1.29 is 18.9 Å². The first-order chi connectivity index (χ1) is 26.5. The van der Waals surface area contributed by atoms with Crippen molar-refractivity contribution in [2.24, 2.45) is 0 Å². The van der Waals surface area contributed by atoms with Crippen LogP contribution in [0.2, 0.25) is 58.9 Å². The van der Waals surface area contributed by atoms with Crippen LogP contribution in [0.25, 0.3) is 0 Å². The van der Waals surface area contributed by atoms with E-state index in [1.165, 1.54) is 60.1 Å². The van der Waals surface area contributed by atoms with Gasteiger partial charge in [0.25, 0.3) is 0 Å². The third kappa shape index (κ3) is 10.6. The number of hydrogen-bond acceptors (Lipinski definition) is 4. The lowest BCUT2D eigenvalue weighted by molar-refractivity contribution is 0.305. The van der Waals surface area contributed by atoms with Crippen LogP contribution >= 0.6 is 0 Å². The molecule has 0 aromatic heterocycles. The molecule has 4 aromatic carbocycles. The van der Waals surface area contributed by atoms with E-state index >= 15 is 0 Å². The van der Waals surface area contributed by atoms with Gasteiger partial charge in [-0.1, -0.05) is 157 Å². The maximum absolute atomic E-state index is 6.93. The van der Waals surface area contributed by atoms with Crippen LogP contribution in [0.4, 0.5) is 0 Å². The number of rotatable bonds is 15. The highest BCUT2D eigenvalue weighted by Gasteiger charge is 2.29. The Kier molecular flexibility index (Phi) is 14.5. The zero-order valence-corrected chi connectivity index (χ0v) is 40.3. The highest BCUT2D eigenvalue weighted by atomic mass is 28.3. The van der Waals surface area contributed by atoms with Gasteiger partial charge in [-0.3, -0.25) is 0 Å². The van der Waals surface area contributed by atoms with Crippen LogP contribution in [0.15, 0.2) is 54.6 Å². The van der Waals surface area contributed by atoms with Crippen molar-refractivity contribution >= 4 is 39.8 Å². The number of para-hydroxylation sites is 1. The molecule has 0 atom stereocenters. The fraction of sp³-hybridized carbons (Fsp3) is 0.510. The van der Waals surface area contributed by atoms with Crippen LogP contribution in [0.1, 0.15) is 97.9 Å². The largest absolute Gasteiger partial charge is 0.493 e. The predicted molar refractivity (Wildman–Crippen MR) is 249 cm³/mol. The van der Waals surface area contributed by atoms with E-state index in [1.54, 1.807) is 0 Å². The molecule has 0 aliphatic heterocycles. The van der Waals surface area contributed by atoms with Gasteiger partial charge in [0.05, 0.1) is 50.6 Å². The summed E-state index contributed by atoms with van der Waals surface area (Å²) in [5.74, 6) is 4.14. The fourth-order valence-corrected chi connectivity index (χ4v) is 11.3. The van der Waals surface area contributed by atoms with E-state index in [4.69, 9.17) is 18.9 Å². The molecule has 4 aromatic rings. The lowest BCUT2D eigenvalue weighted by Crippen LogP contribution is -2.39. The minimum absolute atomic E-state index is 0.678. The second-order valence-corrected chi connectivity index (χ2v) is 34.4. The molecule has 7 heteroatoms. The Balaban J connectivity index is 1.95. The molecule has 1 aliphatic rings. The third-order valence-corrected chi connectivity index (χ3v) is 16.9. The molecular weight excluding hydrogens is 737 g/mol. The first-order valence-electron chi connectivity index (χ1n) is 21.6. The summed E-state index contributed by atoms with van der Waals surface area (Å²) < 4.78 is 27.5. The van der Waals surface area contributed by atoms with E-state index in [0.29, 0.717) is 26.4 Å². The van der Waals surface area contributed by atoms with Gasteiger partial charge < -0.3 is 18.9 Å². The molecule has 0 amide bonds. The number of benzene rings is 4. The summed E-state index contributed by atoms with van der Waals surface area (Å²) in [7, 11) is -5.19. The van der Waals surface area contributed by atoms with Gasteiger partial charge in [-0.2, -0.15) is 0 Å². The molecule has 8 bridgehead atoms. The van der Waals surface area contributed by atoms with Gasteiger partial charge in [-0.25, -0.2) is 0 Å². The molecule has 1 aliphatic carbocycles. The Morgan fingerprint density at radius 3 is 0.786 bits per heavy atom. The van der Waals surface area contributed by atoms with Gasteiger partial charge in [0.15, 0.2) is 0 Å². The van der Waals surface area contributed by atoms with Gasteiger partial charge >= 0.3 is 0 Å². The van der Waals surface area contributed by atoms with Gasteiger partial charge in [0, 0.05) is 25.7 Å². The lowest BCUT2D eigenvalue weighted by atomic mass is 9.91. The molecule has 5 rings (SSSR count). The predicted octanol–water partition coefficient (Wildman–Crippen LogP) is 11.2. The minimum atomic E-state index is -1.74. The van der Waals surface area contributed by atoms with Crippen LogP contribution in [0.5, 0.6) is 23.0 Å². The van der Waals surface area contributed by atoms with Crippen molar-refractivity contribution in [3.8, 4) is 23.0 Å². The molecule has 0 saturated carbocycles. The van der Waals surface area contributed by atoms with Crippen molar-refractivity contribution in [2.75, 3.05) is 26.4 Å². The molecule has 0 saturated heterocycles. The average molecular weight is 809 g/mol. The second-order valence-electron chi connectivity index (χ2n) is 19.1. The molecular formula is C49H72O4Si3. The normalized spacial score (nSPS) is 13.4. The third-order valence-electron chi connectivity index (χ3n) is 10.8. The van der Waals surface area contributed by atoms with Crippen molar-refractivity contribution in [3.63, 3.8) is 0 Å². The molecule has 0 heterocycles. The first-order valence-corrected chi connectivity index (χ1v) is 32.1. The molecule has 0 fully saturated rings. The fourth-order valence-electron chi connectivity index (χ4n) is 7.65. The maximum atomic E-state index is 6.93. The molecule has 0 spiro atoms. The molecule has 304 valence electrons. The second kappa shape index (κ2) is 18.5. The zero-order valence-electron chi connectivity index (χ0n) is 37.3. The number of ether oxygens (including phenoxy) is 4. The Hall–Kier alpha value is -3.27. The summed E-state index contributed by atoms with van der Waals surface area (Å²) in [5, 5.41) is 4.39. The zero-order chi connectivity index (χ0) is 40.8. The van der Waals surface area contributed by atoms with Crippen molar-refractivity contribution in [1.82, 2.24) is 0 Å². The van der Waals surface area contributed by atoms with Crippen LogP contribution in [-0.2, 0) is 25.7 Å². The summed E-state index contributed by atoms with van der Waals surface area (Å²) in [6, 6.07) is 21.7. The SMILES string of the molecule is CCCOc1c2cccc1Cc1cc([Si](C)(C)C)cc(c1OCCC)Cc1cc([Si](C)(C)C)cc(c1OCCC)Cc1cc([Si](C)(C)C)cc(c1OCCC)C2. The number of hydrogen-bond donors (Lipinski definition) is 0. The van der Waals surface area contributed by atoms with E-state index in [9.17, 15) is 0 Å². The van der Waals surface area contributed by atoms with Gasteiger partial charge in [-0.15, -0.1) is 0 Å². The Labute approximate surface area is 343 Å². The maximum Gasteiger partial charge on any atom is 0.126 e. The van der Waals surface area contributed by atoms with Crippen LogP contribution in [-0.4, -0.2) is 50.6 Å². The highest BCUT2D eigenvalue weighted by molar-refractivity contribution is 6.89. The molecule has 0 unspecified atom stereocenters. The van der Waals surface area contributed by atoms with Crippen LogP contribution < -0.4 is 34.5 Å². The summed E-state index contributed by atoms with van der Waals surface area (Å²) in [4.78, 5) is 0. The van der Waals surface area contributed by atoms with Crippen molar-refractivity contribution in [2.45, 2.75) is 138 Å². The van der Waals surface area contributed by atoms with E-state index in [0.717, 1.165) is 74.4 Å². The van der Waals surface area contributed by atoms with Crippen LogP contribution in [0.3, 0.4) is 0 Å². The molecule has 56 heavy (non-hydrogen) atoms. The molecule has 0 N–H and O–H groups in total. The van der Waals surface area contributed by atoms with E-state index < -0.39 is 24.2 Å². The van der Waals surface area contributed by atoms with Crippen molar-refractivity contribution in [1.29, 1.82) is 0 Å². The lowest BCUT2D eigenvalue weighted by Gasteiger charge is -2.28. The first kappa shape index (κ1) is 43.8. The van der Waals surface area contributed by atoms with Gasteiger partial charge in [0.2, 0.25) is 0 Å². The summed E-state index contributed by atoms with van der Waals surface area (Å²) >= 11 is 0. The minimum Gasteiger partial charge on any atom is -0.493 e. The van der Waals surface area contributed by atoms with Gasteiger partial charge in [0.1, 0.15) is 23.0 Å². The van der Waals surface area contributed by atoms with Crippen LogP contribution in [0, 0.1) is 0 Å². The van der Waals surface area contributed by atoms with E-state index in [-0.39, 0.29) is 0 Å². The smallest absolute Gasteiger partial charge is 0.126 e. The van der Waals surface area contributed by atoms with E-state index in [2.05, 4.69) is 141 Å². The average Bonchev–Trinajstić information content (AvgIpc) is 3.11. The Morgan fingerprint density at radius 2 is 0.571 bits per heavy atom. The Bertz CT molecular complexity index is 1840. The molecule has 4 nitrogen and oxygen atoms in total. The van der Waals surface area contributed by atoms with Crippen molar-refractivity contribution in [3.05, 3.63) is 99.1 Å². The van der Waals surface area contributed by atoms with E-state index in [1.807, 2.05) is 0 Å². The number of fused-ring (bicyclic) bond motifs is 8. The Morgan fingerprint density at radius 1 is 0.357 bits per heavy atom.